The van der Waals surface area contributed by atoms with E-state index < -0.39 is 0 Å². The van der Waals surface area contributed by atoms with Crippen LogP contribution in [0.3, 0.4) is 0 Å². The number of rotatable bonds is 5. The van der Waals surface area contributed by atoms with Gasteiger partial charge in [-0.3, -0.25) is 4.90 Å². The summed E-state index contributed by atoms with van der Waals surface area (Å²) in [7, 11) is 4.31. The molecule has 0 saturated carbocycles. The fourth-order valence-corrected chi connectivity index (χ4v) is 2.70. The summed E-state index contributed by atoms with van der Waals surface area (Å²) < 4.78 is 0. The quantitative estimate of drug-likeness (QED) is 0.594. The van der Waals surface area contributed by atoms with Gasteiger partial charge in [0.25, 0.3) is 0 Å². The third-order valence-corrected chi connectivity index (χ3v) is 3.52. The zero-order valence-electron chi connectivity index (χ0n) is 12.1. The van der Waals surface area contributed by atoms with E-state index in [-0.39, 0.29) is 0 Å². The van der Waals surface area contributed by atoms with E-state index in [4.69, 9.17) is 5.84 Å². The third-order valence-electron chi connectivity index (χ3n) is 3.52. The van der Waals surface area contributed by atoms with Gasteiger partial charge in [0.2, 0.25) is 0 Å². The Labute approximate surface area is 115 Å². The van der Waals surface area contributed by atoms with Gasteiger partial charge in [-0.05, 0) is 39.9 Å². The molecule has 106 valence electrons. The average Bonchev–Trinajstić information content (AvgIpc) is 2.73. The first kappa shape index (κ1) is 14.2. The number of hydrogen-bond donors (Lipinski definition) is 2. The Morgan fingerprint density at radius 3 is 2.95 bits per heavy atom. The first-order valence-electron chi connectivity index (χ1n) is 6.75. The van der Waals surface area contributed by atoms with Crippen LogP contribution in [0.4, 0.5) is 5.82 Å². The monoisotopic (exact) mass is 264 g/mol. The second-order valence-corrected chi connectivity index (χ2v) is 5.57. The van der Waals surface area contributed by atoms with Crippen molar-refractivity contribution in [3.05, 3.63) is 17.6 Å². The second-order valence-electron chi connectivity index (χ2n) is 5.57. The number of anilines is 1. The van der Waals surface area contributed by atoms with Crippen LogP contribution in [0.5, 0.6) is 0 Å². The molecule has 1 aromatic heterocycles. The predicted molar refractivity (Wildman–Crippen MR) is 76.5 cm³/mol. The molecule has 1 fully saturated rings. The molecule has 3 N–H and O–H groups in total. The molecule has 6 nitrogen and oxygen atoms in total. The lowest BCUT2D eigenvalue weighted by Gasteiger charge is -2.20. The topological polar surface area (TPSA) is 70.3 Å². The first-order valence-corrected chi connectivity index (χ1v) is 6.75. The van der Waals surface area contributed by atoms with Gasteiger partial charge >= 0.3 is 0 Å². The largest absolute Gasteiger partial charge is 0.308 e. The standard InChI is InChI=1S/C13H24N6/c1-10-6-12(17-14)16-13(15-10)9-19(3)8-11-4-5-18(2)7-11/h6,11H,4-5,7-9,14H2,1-3H3,(H,15,16,17). The zero-order valence-corrected chi connectivity index (χ0v) is 12.1. The molecule has 19 heavy (non-hydrogen) atoms. The van der Waals surface area contributed by atoms with Crippen LogP contribution in [0, 0.1) is 12.8 Å². The minimum Gasteiger partial charge on any atom is -0.308 e. The number of nitrogens with two attached hydrogens (primary N) is 1. The molecule has 2 heterocycles. The van der Waals surface area contributed by atoms with Gasteiger partial charge in [0, 0.05) is 24.8 Å². The number of nitrogen functional groups attached to an aromatic ring is 1. The van der Waals surface area contributed by atoms with Gasteiger partial charge in [-0.2, -0.15) is 0 Å². The van der Waals surface area contributed by atoms with E-state index in [1.54, 1.807) is 0 Å². The molecule has 1 aromatic rings. The molecule has 2 rings (SSSR count). The van der Waals surface area contributed by atoms with Crippen molar-refractivity contribution in [2.45, 2.75) is 19.9 Å². The van der Waals surface area contributed by atoms with E-state index in [2.05, 4.69) is 39.3 Å². The number of nitrogens with zero attached hydrogens (tertiary/aromatic N) is 4. The highest BCUT2D eigenvalue weighted by molar-refractivity contribution is 5.33. The van der Waals surface area contributed by atoms with Gasteiger partial charge in [0.15, 0.2) is 0 Å². The van der Waals surface area contributed by atoms with Crippen LogP contribution in [0.2, 0.25) is 0 Å². The summed E-state index contributed by atoms with van der Waals surface area (Å²) in [5, 5.41) is 0. The Bertz CT molecular complexity index is 422. The van der Waals surface area contributed by atoms with Crippen LogP contribution < -0.4 is 11.3 Å². The highest BCUT2D eigenvalue weighted by atomic mass is 15.3. The van der Waals surface area contributed by atoms with Gasteiger partial charge in [0.1, 0.15) is 11.6 Å². The summed E-state index contributed by atoms with van der Waals surface area (Å²) in [4.78, 5) is 13.5. The molecule has 1 aliphatic rings. The molecule has 0 radical (unpaired) electrons. The average molecular weight is 264 g/mol. The molecule has 0 bridgehead atoms. The van der Waals surface area contributed by atoms with E-state index in [0.717, 1.165) is 30.5 Å². The van der Waals surface area contributed by atoms with Crippen LogP contribution in [0.1, 0.15) is 17.9 Å². The highest BCUT2D eigenvalue weighted by Gasteiger charge is 2.21. The lowest BCUT2D eigenvalue weighted by molar-refractivity contribution is 0.262. The molecule has 0 aliphatic carbocycles. The molecule has 6 heteroatoms. The molecule has 1 aliphatic heterocycles. The number of aromatic nitrogens is 2. The SMILES string of the molecule is Cc1cc(NN)nc(CN(C)CC2CCN(C)C2)n1. The van der Waals surface area contributed by atoms with Crippen molar-refractivity contribution >= 4 is 5.82 Å². The summed E-state index contributed by atoms with van der Waals surface area (Å²) in [6, 6.07) is 1.84. The molecular formula is C13H24N6. The maximum Gasteiger partial charge on any atom is 0.144 e. The van der Waals surface area contributed by atoms with Gasteiger partial charge in [0.05, 0.1) is 6.54 Å². The van der Waals surface area contributed by atoms with Crippen molar-refractivity contribution in [1.82, 2.24) is 19.8 Å². The maximum absolute atomic E-state index is 5.41. The minimum absolute atomic E-state index is 0.677. The number of likely N-dealkylation sites (tertiary alicyclic amines) is 1. The lowest BCUT2D eigenvalue weighted by atomic mass is 10.1. The van der Waals surface area contributed by atoms with Crippen molar-refractivity contribution < 1.29 is 0 Å². The van der Waals surface area contributed by atoms with E-state index in [9.17, 15) is 0 Å². The normalized spacial score (nSPS) is 20.2. The minimum atomic E-state index is 0.677. The Morgan fingerprint density at radius 1 is 1.53 bits per heavy atom. The van der Waals surface area contributed by atoms with Gasteiger partial charge in [-0.15, -0.1) is 0 Å². The Kier molecular flexibility index (Phi) is 4.68. The van der Waals surface area contributed by atoms with Crippen LogP contribution in [0.15, 0.2) is 6.07 Å². The van der Waals surface area contributed by atoms with Gasteiger partial charge < -0.3 is 10.3 Å². The fraction of sp³-hybridized carbons (Fsp3) is 0.692. The van der Waals surface area contributed by atoms with Crippen molar-refractivity contribution in [3.8, 4) is 0 Å². The van der Waals surface area contributed by atoms with E-state index >= 15 is 0 Å². The van der Waals surface area contributed by atoms with Crippen LogP contribution in [0.25, 0.3) is 0 Å². The smallest absolute Gasteiger partial charge is 0.144 e. The number of nitrogens with one attached hydrogen (secondary N) is 1. The van der Waals surface area contributed by atoms with Crippen molar-refractivity contribution in [1.29, 1.82) is 0 Å². The summed E-state index contributed by atoms with van der Waals surface area (Å²) >= 11 is 0. The Hall–Kier alpha value is -1.24. The third kappa shape index (κ3) is 4.12. The second kappa shape index (κ2) is 6.27. The van der Waals surface area contributed by atoms with Crippen molar-refractivity contribution in [2.75, 3.05) is 39.2 Å². The van der Waals surface area contributed by atoms with E-state index in [1.807, 2.05) is 13.0 Å². The van der Waals surface area contributed by atoms with E-state index in [1.165, 1.54) is 19.5 Å². The molecule has 1 atom stereocenters. The van der Waals surface area contributed by atoms with E-state index in [0.29, 0.717) is 5.82 Å². The lowest BCUT2D eigenvalue weighted by Crippen LogP contribution is -2.28. The van der Waals surface area contributed by atoms with Crippen LogP contribution in [-0.4, -0.2) is 53.5 Å². The molecule has 0 spiro atoms. The number of hydrogen-bond acceptors (Lipinski definition) is 6. The maximum atomic E-state index is 5.41. The van der Waals surface area contributed by atoms with Gasteiger partial charge in [-0.25, -0.2) is 15.8 Å². The van der Waals surface area contributed by atoms with Crippen molar-refractivity contribution in [3.63, 3.8) is 0 Å². The first-order chi connectivity index (χ1) is 9.06. The Balaban J connectivity index is 1.91. The molecular weight excluding hydrogens is 240 g/mol. The summed E-state index contributed by atoms with van der Waals surface area (Å²) in [5.41, 5.74) is 3.52. The molecule has 0 aromatic carbocycles. The molecule has 1 saturated heterocycles. The zero-order chi connectivity index (χ0) is 13.8. The predicted octanol–water partition coefficient (Wildman–Crippen LogP) is 0.454. The Morgan fingerprint density at radius 2 is 2.32 bits per heavy atom. The van der Waals surface area contributed by atoms with Crippen LogP contribution in [-0.2, 0) is 6.54 Å². The summed E-state index contributed by atoms with van der Waals surface area (Å²) in [5.74, 6) is 7.66. The number of aryl methyl sites for hydroxylation is 1. The van der Waals surface area contributed by atoms with Crippen LogP contribution >= 0.6 is 0 Å². The summed E-state index contributed by atoms with van der Waals surface area (Å²) in [6.07, 6.45) is 1.28. The molecule has 1 unspecified atom stereocenters. The molecule has 0 amide bonds. The fourth-order valence-electron chi connectivity index (χ4n) is 2.70. The summed E-state index contributed by atoms with van der Waals surface area (Å²) in [6.45, 7) is 6.21. The van der Waals surface area contributed by atoms with Crippen molar-refractivity contribution in [2.24, 2.45) is 11.8 Å². The highest BCUT2D eigenvalue weighted by Crippen LogP contribution is 2.16. The number of hydrazine groups is 1. The van der Waals surface area contributed by atoms with Gasteiger partial charge in [-0.1, -0.05) is 0 Å².